The summed E-state index contributed by atoms with van der Waals surface area (Å²) in [7, 11) is 0. The third-order valence-electron chi connectivity index (χ3n) is 3.91. The third kappa shape index (κ3) is 2.23. The molecule has 4 N–H and O–H groups in total. The van der Waals surface area contributed by atoms with E-state index in [1.54, 1.807) is 4.57 Å². The fourth-order valence-electron chi connectivity index (χ4n) is 2.35. The minimum atomic E-state index is 0.0865. The molecule has 0 saturated heterocycles. The van der Waals surface area contributed by atoms with Crippen molar-refractivity contribution in [1.82, 2.24) is 24.5 Å². The fraction of sp³-hybridized carbons (Fsp3) is 0.286. The smallest absolute Gasteiger partial charge is 0.223 e. The molecule has 3 aromatic heterocycles. The largest absolute Gasteiger partial charge is 0.369 e. The number of anilines is 2. The van der Waals surface area contributed by atoms with E-state index in [9.17, 15) is 0 Å². The average Bonchev–Trinajstić information content (AvgIpc) is 2.76. The molecule has 22 heavy (non-hydrogen) atoms. The molecule has 0 spiro atoms. The van der Waals surface area contributed by atoms with E-state index in [2.05, 4.69) is 26.9 Å². The molecule has 0 saturated carbocycles. The van der Waals surface area contributed by atoms with Gasteiger partial charge in [0.1, 0.15) is 5.52 Å². The normalized spacial score (nSPS) is 11.3. The Morgan fingerprint density at radius 2 is 1.82 bits per heavy atom. The molecule has 0 aliphatic heterocycles. The second kappa shape index (κ2) is 5.10. The zero-order chi connectivity index (χ0) is 16.0. The van der Waals surface area contributed by atoms with Gasteiger partial charge in [-0.15, -0.1) is 0 Å². The quantitative estimate of drug-likeness (QED) is 0.700. The van der Waals surface area contributed by atoms with E-state index in [1.165, 1.54) is 5.56 Å². The van der Waals surface area contributed by atoms with Crippen LogP contribution in [0, 0.1) is 20.8 Å². The number of aryl methyl sites for hydroxylation is 1. The van der Waals surface area contributed by atoms with E-state index in [1.807, 2.05) is 20.0 Å². The number of nitrogens with two attached hydrogens (primary N) is 2. The van der Waals surface area contributed by atoms with Crippen LogP contribution in [0.2, 0.25) is 5.15 Å². The van der Waals surface area contributed by atoms with Gasteiger partial charge in [-0.05, 0) is 37.5 Å². The zero-order valence-electron chi connectivity index (χ0n) is 12.6. The molecule has 7 nitrogen and oxygen atoms in total. The van der Waals surface area contributed by atoms with Crippen LogP contribution in [0.25, 0.3) is 11.2 Å². The van der Waals surface area contributed by atoms with E-state index >= 15 is 0 Å². The van der Waals surface area contributed by atoms with Crippen molar-refractivity contribution in [2.24, 2.45) is 0 Å². The Labute approximate surface area is 132 Å². The van der Waals surface area contributed by atoms with Crippen molar-refractivity contribution < 1.29 is 0 Å². The van der Waals surface area contributed by atoms with Gasteiger partial charge in [-0.2, -0.15) is 9.97 Å². The Morgan fingerprint density at radius 1 is 1.09 bits per heavy atom. The van der Waals surface area contributed by atoms with Crippen LogP contribution >= 0.6 is 11.6 Å². The monoisotopic (exact) mass is 317 g/mol. The van der Waals surface area contributed by atoms with Gasteiger partial charge < -0.3 is 11.5 Å². The van der Waals surface area contributed by atoms with Crippen molar-refractivity contribution in [2.75, 3.05) is 11.5 Å². The fourth-order valence-corrected chi connectivity index (χ4v) is 2.56. The van der Waals surface area contributed by atoms with Crippen molar-refractivity contribution in [3.63, 3.8) is 0 Å². The average molecular weight is 318 g/mol. The second-order valence-corrected chi connectivity index (χ2v) is 5.60. The number of imidazole rings is 1. The summed E-state index contributed by atoms with van der Waals surface area (Å²) in [4.78, 5) is 16.8. The molecule has 0 aliphatic carbocycles. The van der Waals surface area contributed by atoms with Crippen LogP contribution in [0.4, 0.5) is 11.9 Å². The predicted molar refractivity (Wildman–Crippen MR) is 86.7 cm³/mol. The molecule has 0 atom stereocenters. The zero-order valence-corrected chi connectivity index (χ0v) is 13.3. The number of hydrogen-bond acceptors (Lipinski definition) is 6. The minimum absolute atomic E-state index is 0.0865. The number of rotatable bonds is 2. The highest BCUT2D eigenvalue weighted by atomic mass is 35.5. The summed E-state index contributed by atoms with van der Waals surface area (Å²) in [6, 6.07) is 0. The molecule has 3 rings (SSSR count). The van der Waals surface area contributed by atoms with E-state index in [0.29, 0.717) is 23.7 Å². The van der Waals surface area contributed by atoms with Crippen LogP contribution in [0.3, 0.4) is 0 Å². The molecule has 0 aliphatic rings. The van der Waals surface area contributed by atoms with Gasteiger partial charge in [0.2, 0.25) is 11.9 Å². The summed E-state index contributed by atoms with van der Waals surface area (Å²) in [5, 5.41) is 0.192. The van der Waals surface area contributed by atoms with Crippen LogP contribution < -0.4 is 11.5 Å². The highest BCUT2D eigenvalue weighted by Gasteiger charge is 2.16. The molecule has 0 aromatic carbocycles. The standard InChI is InChI=1S/C14H16ClN7/c1-6-4-18-9(8(3)7(6)2)5-22-12-10(19-14(22)17)11(15)20-13(16)21-12/h4H,5H2,1-3H3,(H2,17,19)(H2,16,20,21). The highest BCUT2D eigenvalue weighted by molar-refractivity contribution is 6.33. The van der Waals surface area contributed by atoms with E-state index in [-0.39, 0.29) is 11.1 Å². The number of halogens is 1. The lowest BCUT2D eigenvalue weighted by atomic mass is 10.0. The Hall–Kier alpha value is -2.41. The van der Waals surface area contributed by atoms with Crippen LogP contribution in [-0.4, -0.2) is 24.5 Å². The first-order valence-electron chi connectivity index (χ1n) is 6.75. The topological polar surface area (TPSA) is 109 Å². The van der Waals surface area contributed by atoms with Gasteiger partial charge >= 0.3 is 0 Å². The summed E-state index contributed by atoms with van der Waals surface area (Å²) < 4.78 is 1.74. The number of aromatic nitrogens is 5. The summed E-state index contributed by atoms with van der Waals surface area (Å²) in [6.07, 6.45) is 1.85. The van der Waals surface area contributed by atoms with Gasteiger partial charge in [0, 0.05) is 6.20 Å². The molecule has 114 valence electrons. The first kappa shape index (κ1) is 14.5. The molecule has 3 heterocycles. The maximum Gasteiger partial charge on any atom is 0.223 e. The summed E-state index contributed by atoms with van der Waals surface area (Å²) in [5.74, 6) is 0.389. The molecule has 0 fully saturated rings. The lowest BCUT2D eigenvalue weighted by molar-refractivity contribution is 0.789. The van der Waals surface area contributed by atoms with Gasteiger partial charge in [-0.1, -0.05) is 11.6 Å². The second-order valence-electron chi connectivity index (χ2n) is 5.24. The van der Waals surface area contributed by atoms with Gasteiger partial charge in [0.25, 0.3) is 0 Å². The molecule has 3 aromatic rings. The Bertz CT molecular complexity index is 885. The summed E-state index contributed by atoms with van der Waals surface area (Å²) in [6.45, 7) is 6.59. The molecule has 0 radical (unpaired) electrons. The van der Waals surface area contributed by atoms with Crippen molar-refractivity contribution in [1.29, 1.82) is 0 Å². The number of fused-ring (bicyclic) bond motifs is 1. The summed E-state index contributed by atoms with van der Waals surface area (Å²) >= 11 is 6.05. The number of pyridine rings is 1. The Balaban J connectivity index is 2.16. The molecule has 0 amide bonds. The number of hydrogen-bond donors (Lipinski definition) is 2. The predicted octanol–water partition coefficient (Wildman–Crippen LogP) is 2.01. The maximum atomic E-state index is 6.05. The van der Waals surface area contributed by atoms with Crippen LogP contribution in [0.5, 0.6) is 0 Å². The highest BCUT2D eigenvalue weighted by Crippen LogP contribution is 2.25. The van der Waals surface area contributed by atoms with Crippen molar-refractivity contribution in [3.05, 3.63) is 33.7 Å². The Morgan fingerprint density at radius 3 is 2.55 bits per heavy atom. The van der Waals surface area contributed by atoms with E-state index in [0.717, 1.165) is 16.8 Å². The molecular weight excluding hydrogens is 302 g/mol. The number of nitrogen functional groups attached to an aromatic ring is 2. The van der Waals surface area contributed by atoms with Gasteiger partial charge in [-0.3, -0.25) is 9.55 Å². The maximum absolute atomic E-state index is 6.05. The first-order valence-corrected chi connectivity index (χ1v) is 7.12. The lowest BCUT2D eigenvalue weighted by Gasteiger charge is -2.12. The first-order chi connectivity index (χ1) is 10.4. The number of nitrogens with zero attached hydrogens (tertiary/aromatic N) is 5. The Kier molecular flexibility index (Phi) is 3.37. The van der Waals surface area contributed by atoms with Crippen molar-refractivity contribution in [2.45, 2.75) is 27.3 Å². The van der Waals surface area contributed by atoms with Crippen molar-refractivity contribution >= 4 is 34.7 Å². The van der Waals surface area contributed by atoms with Crippen molar-refractivity contribution in [3.8, 4) is 0 Å². The minimum Gasteiger partial charge on any atom is -0.369 e. The van der Waals surface area contributed by atoms with Crippen LogP contribution in [0.15, 0.2) is 6.20 Å². The molecule has 8 heteroatoms. The molecule has 0 bridgehead atoms. The lowest BCUT2D eigenvalue weighted by Crippen LogP contribution is -2.10. The summed E-state index contributed by atoms with van der Waals surface area (Å²) in [5.41, 5.74) is 17.0. The SMILES string of the molecule is Cc1cnc(Cn2c(N)nc3c(Cl)nc(N)nc32)c(C)c1C. The van der Waals surface area contributed by atoms with Gasteiger partial charge in [0.05, 0.1) is 12.2 Å². The third-order valence-corrected chi connectivity index (χ3v) is 4.17. The van der Waals surface area contributed by atoms with Gasteiger partial charge in [0.15, 0.2) is 10.8 Å². The molecule has 0 unspecified atom stereocenters. The van der Waals surface area contributed by atoms with E-state index in [4.69, 9.17) is 23.1 Å². The van der Waals surface area contributed by atoms with Crippen LogP contribution in [0.1, 0.15) is 22.4 Å². The molecular formula is C14H16ClN7. The van der Waals surface area contributed by atoms with Crippen LogP contribution in [-0.2, 0) is 6.54 Å². The van der Waals surface area contributed by atoms with Gasteiger partial charge in [-0.25, -0.2) is 4.98 Å². The van der Waals surface area contributed by atoms with E-state index < -0.39 is 0 Å².